The van der Waals surface area contributed by atoms with Crippen molar-refractivity contribution in [1.82, 2.24) is 0 Å². The summed E-state index contributed by atoms with van der Waals surface area (Å²) in [6.07, 6.45) is 7.07. The molecule has 2 saturated carbocycles. The zero-order valence-corrected chi connectivity index (χ0v) is 8.16. The van der Waals surface area contributed by atoms with Crippen LogP contribution in [0.5, 0.6) is 0 Å². The Morgan fingerprint density at radius 1 is 1.43 bits per heavy atom. The molecule has 0 aliphatic heterocycles. The molecular weight excluding hydrogens is 182 g/mol. The number of oxime groups is 1. The lowest BCUT2D eigenvalue weighted by Crippen LogP contribution is -2.33. The first-order valence-corrected chi connectivity index (χ1v) is 5.14. The predicted molar refractivity (Wildman–Crippen MR) is 51.2 cm³/mol. The van der Waals surface area contributed by atoms with Crippen molar-refractivity contribution in [1.29, 1.82) is 0 Å². The Morgan fingerprint density at radius 2 is 2.14 bits per heavy atom. The van der Waals surface area contributed by atoms with Crippen molar-refractivity contribution in [3.05, 3.63) is 0 Å². The Kier molecular flexibility index (Phi) is 2.44. The van der Waals surface area contributed by atoms with Gasteiger partial charge < -0.3 is 9.94 Å². The summed E-state index contributed by atoms with van der Waals surface area (Å²) >= 11 is 0. The Hall–Kier alpha value is -1.06. The molecule has 2 aliphatic rings. The minimum atomic E-state index is -0.963. The monoisotopic (exact) mass is 197 g/mol. The van der Waals surface area contributed by atoms with E-state index in [4.69, 9.17) is 9.94 Å². The number of hydrogen-bond acceptors (Lipinski definition) is 3. The van der Waals surface area contributed by atoms with Gasteiger partial charge in [0.2, 0.25) is 6.61 Å². The number of rotatable bonds is 3. The van der Waals surface area contributed by atoms with Crippen LogP contribution in [-0.4, -0.2) is 23.4 Å². The number of carboxylic acids is 1. The van der Waals surface area contributed by atoms with E-state index < -0.39 is 5.97 Å². The fourth-order valence-corrected chi connectivity index (χ4v) is 2.45. The highest BCUT2D eigenvalue weighted by Gasteiger charge is 2.45. The van der Waals surface area contributed by atoms with Gasteiger partial charge in [0.15, 0.2) is 0 Å². The van der Waals surface area contributed by atoms with Gasteiger partial charge in [-0.3, -0.25) is 0 Å². The van der Waals surface area contributed by atoms with E-state index in [1.165, 1.54) is 32.1 Å². The number of carboxylic acid groups (broad SMARTS) is 1. The van der Waals surface area contributed by atoms with E-state index in [2.05, 4.69) is 5.16 Å². The summed E-state index contributed by atoms with van der Waals surface area (Å²) in [5, 5.41) is 12.4. The molecule has 0 atom stereocenters. The summed E-state index contributed by atoms with van der Waals surface area (Å²) in [6.45, 7) is -0.320. The van der Waals surface area contributed by atoms with Gasteiger partial charge in [-0.2, -0.15) is 0 Å². The largest absolute Gasteiger partial charge is 0.479 e. The molecule has 2 fully saturated rings. The third-order valence-electron chi connectivity index (χ3n) is 3.35. The Balaban J connectivity index is 1.92. The molecule has 0 amide bonds. The van der Waals surface area contributed by atoms with Gasteiger partial charge in [0, 0.05) is 5.41 Å². The molecule has 0 heterocycles. The van der Waals surface area contributed by atoms with E-state index in [0.717, 1.165) is 12.1 Å². The van der Waals surface area contributed by atoms with Gasteiger partial charge in [-0.25, -0.2) is 4.79 Å². The summed E-state index contributed by atoms with van der Waals surface area (Å²) in [5.41, 5.74) is 1.41. The van der Waals surface area contributed by atoms with E-state index in [9.17, 15) is 4.79 Å². The molecule has 4 nitrogen and oxygen atoms in total. The maximum atomic E-state index is 10.2. The first kappa shape index (κ1) is 9.49. The average Bonchev–Trinajstić information content (AvgIpc) is 2.46. The van der Waals surface area contributed by atoms with E-state index in [1.54, 1.807) is 0 Å². The van der Waals surface area contributed by atoms with Crippen LogP contribution in [0.15, 0.2) is 5.16 Å². The molecule has 0 saturated heterocycles. The molecule has 0 radical (unpaired) electrons. The molecule has 2 rings (SSSR count). The van der Waals surface area contributed by atoms with Gasteiger partial charge >= 0.3 is 5.97 Å². The number of hydrogen-bond donors (Lipinski definition) is 1. The fourth-order valence-electron chi connectivity index (χ4n) is 2.45. The lowest BCUT2D eigenvalue weighted by molar-refractivity contribution is -0.142. The maximum absolute atomic E-state index is 10.2. The number of aliphatic carboxylic acids is 1. The van der Waals surface area contributed by atoms with Crippen molar-refractivity contribution >= 4 is 11.7 Å². The van der Waals surface area contributed by atoms with Crippen molar-refractivity contribution in [3.8, 4) is 0 Å². The zero-order valence-electron chi connectivity index (χ0n) is 8.16. The van der Waals surface area contributed by atoms with Crippen LogP contribution in [0.25, 0.3) is 0 Å². The van der Waals surface area contributed by atoms with E-state index in [-0.39, 0.29) is 6.61 Å². The lowest BCUT2D eigenvalue weighted by atomic mass is 9.67. The highest BCUT2D eigenvalue weighted by molar-refractivity contribution is 5.92. The van der Waals surface area contributed by atoms with Crippen LogP contribution in [0.2, 0.25) is 0 Å². The standard InChI is InChI=1S/C10H15NO3/c12-9(13)7-14-11-8-3-1-4-10(8)5-2-6-10/h1-7H2,(H,12,13)/b11-8-. The Bertz CT molecular complexity index is 269. The second-order valence-electron chi connectivity index (χ2n) is 4.19. The van der Waals surface area contributed by atoms with Crippen molar-refractivity contribution in [2.75, 3.05) is 6.61 Å². The lowest BCUT2D eigenvalue weighted by Gasteiger charge is -2.38. The van der Waals surface area contributed by atoms with Gasteiger partial charge in [0.1, 0.15) is 0 Å². The molecule has 1 N–H and O–H groups in total. The van der Waals surface area contributed by atoms with Crippen molar-refractivity contribution in [3.63, 3.8) is 0 Å². The summed E-state index contributed by atoms with van der Waals surface area (Å²) < 4.78 is 0. The van der Waals surface area contributed by atoms with E-state index in [0.29, 0.717) is 5.41 Å². The van der Waals surface area contributed by atoms with Crippen LogP contribution >= 0.6 is 0 Å². The van der Waals surface area contributed by atoms with Crippen LogP contribution in [0, 0.1) is 5.41 Å². The smallest absolute Gasteiger partial charge is 0.344 e. The first-order chi connectivity index (χ1) is 6.73. The molecule has 0 bridgehead atoms. The number of carbonyl (C=O) groups is 1. The van der Waals surface area contributed by atoms with Crippen LogP contribution in [-0.2, 0) is 9.63 Å². The van der Waals surface area contributed by atoms with Crippen molar-refractivity contribution in [2.45, 2.75) is 38.5 Å². The fraction of sp³-hybridized carbons (Fsp3) is 0.800. The van der Waals surface area contributed by atoms with E-state index in [1.807, 2.05) is 0 Å². The highest BCUT2D eigenvalue weighted by Crippen LogP contribution is 2.51. The van der Waals surface area contributed by atoms with Crippen molar-refractivity contribution in [2.24, 2.45) is 10.6 Å². The van der Waals surface area contributed by atoms with Crippen LogP contribution in [0.3, 0.4) is 0 Å². The normalized spacial score (nSPS) is 26.4. The highest BCUT2D eigenvalue weighted by atomic mass is 16.6. The van der Waals surface area contributed by atoms with Crippen LogP contribution in [0.4, 0.5) is 0 Å². The quantitative estimate of drug-likeness (QED) is 0.702. The molecule has 1 spiro atoms. The summed E-state index contributed by atoms with van der Waals surface area (Å²) in [4.78, 5) is 15.0. The average molecular weight is 197 g/mol. The third-order valence-corrected chi connectivity index (χ3v) is 3.35. The van der Waals surface area contributed by atoms with Crippen LogP contribution < -0.4 is 0 Å². The third kappa shape index (κ3) is 1.61. The van der Waals surface area contributed by atoms with Crippen molar-refractivity contribution < 1.29 is 14.7 Å². The molecule has 4 heteroatoms. The molecule has 0 aromatic rings. The summed E-state index contributed by atoms with van der Waals surface area (Å²) in [6, 6.07) is 0. The molecule has 0 aromatic carbocycles. The SMILES string of the molecule is O=C(O)CO/N=C1/CCCC12CCC2. The Labute approximate surface area is 82.9 Å². The van der Waals surface area contributed by atoms with Gasteiger partial charge in [-0.15, -0.1) is 0 Å². The Morgan fingerprint density at radius 3 is 2.71 bits per heavy atom. The molecule has 2 aliphatic carbocycles. The molecule has 0 aromatic heterocycles. The minimum absolute atomic E-state index is 0.304. The summed E-state index contributed by atoms with van der Waals surface area (Å²) in [7, 11) is 0. The van der Waals surface area contributed by atoms with Gasteiger partial charge in [-0.1, -0.05) is 11.6 Å². The first-order valence-electron chi connectivity index (χ1n) is 5.14. The number of nitrogens with zero attached hydrogens (tertiary/aromatic N) is 1. The topological polar surface area (TPSA) is 58.9 Å². The second kappa shape index (κ2) is 3.59. The molecule has 0 unspecified atom stereocenters. The summed E-state index contributed by atoms with van der Waals surface area (Å²) in [5.74, 6) is -0.963. The zero-order chi connectivity index (χ0) is 10.0. The maximum Gasteiger partial charge on any atom is 0.344 e. The van der Waals surface area contributed by atoms with Gasteiger partial charge in [0.05, 0.1) is 5.71 Å². The van der Waals surface area contributed by atoms with Gasteiger partial charge in [-0.05, 0) is 32.1 Å². The molecule has 78 valence electrons. The predicted octanol–water partition coefficient (Wildman–Crippen LogP) is 1.80. The minimum Gasteiger partial charge on any atom is -0.479 e. The van der Waals surface area contributed by atoms with Crippen LogP contribution in [0.1, 0.15) is 38.5 Å². The molecular formula is C10H15NO3. The van der Waals surface area contributed by atoms with E-state index >= 15 is 0 Å². The second-order valence-corrected chi connectivity index (χ2v) is 4.19. The molecule has 14 heavy (non-hydrogen) atoms. The van der Waals surface area contributed by atoms with Gasteiger partial charge in [0.25, 0.3) is 0 Å².